The number of ether oxygens (including phenoxy) is 2. The minimum Gasteiger partial charge on any atom is -0.461 e. The minimum atomic E-state index is -0.567. The Morgan fingerprint density at radius 3 is 2.60 bits per heavy atom. The van der Waals surface area contributed by atoms with Crippen molar-refractivity contribution in [2.75, 3.05) is 12.3 Å². The van der Waals surface area contributed by atoms with Gasteiger partial charge in [-0.1, -0.05) is 11.3 Å². The van der Waals surface area contributed by atoms with Crippen LogP contribution >= 0.6 is 11.3 Å². The summed E-state index contributed by atoms with van der Waals surface area (Å²) in [6, 6.07) is 0. The molecule has 0 spiro atoms. The smallest absolute Gasteiger partial charge is 0.408 e. The number of anilines is 1. The number of carbonyl (C=O) groups excluding carboxylic acids is 2. The zero-order valence-electron chi connectivity index (χ0n) is 12.0. The molecule has 0 saturated heterocycles. The van der Waals surface area contributed by atoms with Crippen LogP contribution in [0.25, 0.3) is 0 Å². The first-order chi connectivity index (χ1) is 9.23. The summed E-state index contributed by atoms with van der Waals surface area (Å²) in [6.07, 6.45) is -0.552. The van der Waals surface area contributed by atoms with Crippen molar-refractivity contribution in [3.05, 3.63) is 10.7 Å². The average molecular weight is 301 g/mol. The summed E-state index contributed by atoms with van der Waals surface area (Å²) in [5.41, 5.74) is 5.21. The molecule has 1 heterocycles. The summed E-state index contributed by atoms with van der Waals surface area (Å²) in [4.78, 5) is 27.1. The first-order valence-electron chi connectivity index (χ1n) is 6.12. The van der Waals surface area contributed by atoms with E-state index in [0.29, 0.717) is 5.01 Å². The number of nitrogens with zero attached hydrogens (tertiary/aromatic N) is 1. The molecule has 0 aliphatic rings. The van der Waals surface area contributed by atoms with E-state index in [9.17, 15) is 9.59 Å². The Balaban J connectivity index is 2.60. The van der Waals surface area contributed by atoms with Crippen molar-refractivity contribution in [1.29, 1.82) is 0 Å². The van der Waals surface area contributed by atoms with Gasteiger partial charge in [0.2, 0.25) is 0 Å². The predicted octanol–water partition coefficient (Wildman–Crippen LogP) is 1.93. The molecule has 0 radical (unpaired) electrons. The van der Waals surface area contributed by atoms with Gasteiger partial charge < -0.3 is 20.5 Å². The fraction of sp³-hybridized carbons (Fsp3) is 0.583. The zero-order valence-corrected chi connectivity index (χ0v) is 12.8. The number of nitrogens with two attached hydrogens (primary N) is 1. The molecule has 8 heteroatoms. The highest BCUT2D eigenvalue weighted by atomic mass is 32.1. The highest BCUT2D eigenvalue weighted by Crippen LogP contribution is 2.21. The van der Waals surface area contributed by atoms with E-state index < -0.39 is 17.7 Å². The number of amides is 1. The molecule has 3 N–H and O–H groups in total. The van der Waals surface area contributed by atoms with E-state index in [0.717, 1.165) is 11.3 Å². The Morgan fingerprint density at radius 1 is 1.40 bits per heavy atom. The van der Waals surface area contributed by atoms with E-state index in [2.05, 4.69) is 10.3 Å². The summed E-state index contributed by atoms with van der Waals surface area (Å²) < 4.78 is 9.91. The fourth-order valence-corrected chi connectivity index (χ4v) is 2.02. The second-order valence-electron chi connectivity index (χ2n) is 4.90. The Morgan fingerprint density at radius 2 is 2.05 bits per heavy atom. The molecule has 1 rings (SSSR count). The van der Waals surface area contributed by atoms with E-state index in [4.69, 9.17) is 15.2 Å². The summed E-state index contributed by atoms with van der Waals surface area (Å²) in [6.45, 7) is 7.41. The fourth-order valence-electron chi connectivity index (χ4n) is 1.26. The van der Waals surface area contributed by atoms with E-state index in [1.54, 1.807) is 27.7 Å². The normalized spacial score (nSPS) is 11.0. The van der Waals surface area contributed by atoms with Gasteiger partial charge in [-0.2, -0.15) is 0 Å². The Bertz CT molecular complexity index is 493. The third-order valence-corrected chi connectivity index (χ3v) is 2.83. The van der Waals surface area contributed by atoms with Gasteiger partial charge in [0.05, 0.1) is 13.2 Å². The van der Waals surface area contributed by atoms with Gasteiger partial charge in [-0.3, -0.25) is 0 Å². The number of nitrogens with one attached hydrogen (secondary N) is 1. The van der Waals surface area contributed by atoms with Crippen LogP contribution in [0.3, 0.4) is 0 Å². The number of hydrogen-bond donors (Lipinski definition) is 2. The Kier molecular flexibility index (Phi) is 5.32. The van der Waals surface area contributed by atoms with Crippen molar-refractivity contribution < 1.29 is 19.1 Å². The maximum Gasteiger partial charge on any atom is 0.408 e. The van der Waals surface area contributed by atoms with Gasteiger partial charge in [0.1, 0.15) is 15.6 Å². The molecular weight excluding hydrogens is 282 g/mol. The molecule has 1 aromatic heterocycles. The molecule has 0 fully saturated rings. The van der Waals surface area contributed by atoms with E-state index in [1.165, 1.54) is 0 Å². The van der Waals surface area contributed by atoms with Crippen LogP contribution in [0.15, 0.2) is 0 Å². The molecule has 112 valence electrons. The van der Waals surface area contributed by atoms with Crippen molar-refractivity contribution in [2.45, 2.75) is 39.8 Å². The van der Waals surface area contributed by atoms with Gasteiger partial charge in [-0.15, -0.1) is 0 Å². The van der Waals surface area contributed by atoms with Crippen LogP contribution < -0.4 is 11.1 Å². The van der Waals surface area contributed by atoms with Gasteiger partial charge in [0.15, 0.2) is 5.69 Å². The molecule has 7 nitrogen and oxygen atoms in total. The number of hydrogen-bond acceptors (Lipinski definition) is 7. The zero-order chi connectivity index (χ0) is 15.3. The number of esters is 1. The van der Waals surface area contributed by atoms with Crippen LogP contribution in [0.2, 0.25) is 0 Å². The van der Waals surface area contributed by atoms with Gasteiger partial charge in [0, 0.05) is 0 Å². The molecule has 1 aromatic rings. The minimum absolute atomic E-state index is 0.0813. The third kappa shape index (κ3) is 5.04. The van der Waals surface area contributed by atoms with Crippen molar-refractivity contribution in [3.63, 3.8) is 0 Å². The standard InChI is InChI=1S/C12H19N3O4S/c1-5-18-10(16)8-9(13)20-7(15-8)6-14-11(17)19-12(2,3)4/h5-6,13H2,1-4H3,(H,14,17). The Labute approximate surface area is 121 Å². The second-order valence-corrected chi connectivity index (χ2v) is 6.01. The molecule has 0 aliphatic heterocycles. The van der Waals surface area contributed by atoms with Crippen LogP contribution in [0, 0.1) is 0 Å². The van der Waals surface area contributed by atoms with E-state index >= 15 is 0 Å². The van der Waals surface area contributed by atoms with Crippen LogP contribution in [0.5, 0.6) is 0 Å². The number of nitrogen functional groups attached to an aromatic ring is 1. The first-order valence-corrected chi connectivity index (χ1v) is 6.93. The quantitative estimate of drug-likeness (QED) is 0.823. The molecule has 0 bridgehead atoms. The lowest BCUT2D eigenvalue weighted by molar-refractivity contribution is 0.0516. The molecule has 0 aromatic carbocycles. The number of rotatable bonds is 4. The van der Waals surface area contributed by atoms with Crippen molar-refractivity contribution in [1.82, 2.24) is 10.3 Å². The summed E-state index contributed by atoms with van der Waals surface area (Å²) in [7, 11) is 0. The lowest BCUT2D eigenvalue weighted by atomic mass is 10.2. The van der Waals surface area contributed by atoms with Crippen molar-refractivity contribution in [3.8, 4) is 0 Å². The molecule has 0 atom stereocenters. The lowest BCUT2D eigenvalue weighted by Crippen LogP contribution is -2.32. The molecular formula is C12H19N3O4S. The Hall–Kier alpha value is -1.83. The SMILES string of the molecule is CCOC(=O)c1nc(CNC(=O)OC(C)(C)C)sc1N. The van der Waals surface area contributed by atoms with Gasteiger partial charge in [-0.25, -0.2) is 14.6 Å². The topological polar surface area (TPSA) is 104 Å². The summed E-state index contributed by atoms with van der Waals surface area (Å²) >= 11 is 1.12. The highest BCUT2D eigenvalue weighted by molar-refractivity contribution is 7.15. The molecule has 0 aliphatic carbocycles. The van der Waals surface area contributed by atoms with Gasteiger partial charge in [0.25, 0.3) is 0 Å². The second kappa shape index (κ2) is 6.56. The lowest BCUT2D eigenvalue weighted by Gasteiger charge is -2.19. The van der Waals surface area contributed by atoms with E-state index in [-0.39, 0.29) is 23.8 Å². The van der Waals surface area contributed by atoms with Crippen LogP contribution in [-0.4, -0.2) is 29.3 Å². The molecule has 1 amide bonds. The highest BCUT2D eigenvalue weighted by Gasteiger charge is 2.19. The van der Waals surface area contributed by atoms with E-state index in [1.807, 2.05) is 0 Å². The first kappa shape index (κ1) is 16.2. The number of carbonyl (C=O) groups is 2. The van der Waals surface area contributed by atoms with Crippen LogP contribution in [0.4, 0.5) is 9.80 Å². The molecule has 0 saturated carbocycles. The predicted molar refractivity (Wildman–Crippen MR) is 75.6 cm³/mol. The van der Waals surface area contributed by atoms with Crippen molar-refractivity contribution in [2.24, 2.45) is 0 Å². The number of alkyl carbamates (subject to hydrolysis) is 1. The van der Waals surface area contributed by atoms with Crippen LogP contribution in [-0.2, 0) is 16.0 Å². The summed E-state index contributed by atoms with van der Waals surface area (Å²) in [5, 5.41) is 3.32. The largest absolute Gasteiger partial charge is 0.461 e. The van der Waals surface area contributed by atoms with Crippen LogP contribution in [0.1, 0.15) is 43.2 Å². The number of thiazole rings is 1. The monoisotopic (exact) mass is 301 g/mol. The van der Waals surface area contributed by atoms with Crippen molar-refractivity contribution >= 4 is 28.4 Å². The molecule has 0 unspecified atom stereocenters. The van der Waals surface area contributed by atoms with Gasteiger partial charge in [-0.05, 0) is 27.7 Å². The summed E-state index contributed by atoms with van der Waals surface area (Å²) in [5.74, 6) is -0.565. The third-order valence-electron chi connectivity index (χ3n) is 1.95. The molecule has 20 heavy (non-hydrogen) atoms. The number of aromatic nitrogens is 1. The average Bonchev–Trinajstić information content (AvgIpc) is 2.66. The maximum absolute atomic E-state index is 11.5. The van der Waals surface area contributed by atoms with Gasteiger partial charge >= 0.3 is 12.1 Å². The maximum atomic E-state index is 11.5.